The smallest absolute Gasteiger partial charge is 0.0776 e. The molecule has 0 amide bonds. The van der Waals surface area contributed by atoms with Crippen LogP contribution in [0.15, 0.2) is 186 Å². The molecule has 0 bridgehead atoms. The number of benzene rings is 8. The van der Waals surface area contributed by atoms with Gasteiger partial charge in [-0.15, -0.1) is 0 Å². The first-order chi connectivity index (χ1) is 35.7. The van der Waals surface area contributed by atoms with Gasteiger partial charge in [0.15, 0.2) is 0 Å². The lowest BCUT2D eigenvalue weighted by molar-refractivity contribution is 0.590. The van der Waals surface area contributed by atoms with Crippen LogP contribution in [0.3, 0.4) is 0 Å². The second-order valence-electron chi connectivity index (χ2n) is 26.9. The Morgan fingerprint density at radius 2 is 0.792 bits per heavy atom. The average Bonchev–Trinajstić information content (AvgIpc) is 3.34. The Kier molecular flexibility index (Phi) is 19.9. The third-order valence-corrected chi connectivity index (χ3v) is 23.3. The minimum Gasteiger partial charge on any atom is -0.310 e. The molecule has 0 heterocycles. The normalized spacial score (nSPS) is 12.3. The van der Waals surface area contributed by atoms with Gasteiger partial charge in [0.1, 0.15) is 0 Å². The van der Waals surface area contributed by atoms with Crippen molar-refractivity contribution < 1.29 is 0 Å². The van der Waals surface area contributed by atoms with Gasteiger partial charge in [-0.05, 0) is 111 Å². The lowest BCUT2D eigenvalue weighted by atomic mass is 9.86. The molecule has 0 N–H and O–H groups in total. The molecule has 77 heavy (non-hydrogen) atoms. The van der Waals surface area contributed by atoms with Crippen LogP contribution < -0.4 is 25.6 Å². The van der Waals surface area contributed by atoms with Gasteiger partial charge in [0.25, 0.3) is 0 Å². The molecule has 0 spiro atoms. The zero-order valence-electron chi connectivity index (χ0n) is 49.6. The number of rotatable bonds is 11. The number of hydrogen-bond acceptors (Lipinski definition) is 1. The second kappa shape index (κ2) is 24.9. The van der Waals surface area contributed by atoms with Crippen LogP contribution in [-0.4, -0.2) is 32.3 Å². The molecule has 0 saturated heterocycles. The number of anilines is 3. The van der Waals surface area contributed by atoms with Crippen molar-refractivity contribution in [1.82, 2.24) is 0 Å². The van der Waals surface area contributed by atoms with E-state index in [9.17, 15) is 0 Å². The van der Waals surface area contributed by atoms with Crippen LogP contribution in [0.5, 0.6) is 0 Å². The van der Waals surface area contributed by atoms with E-state index in [4.69, 9.17) is 23.2 Å². The molecule has 0 saturated carbocycles. The Morgan fingerprint density at radius 3 is 1.25 bits per heavy atom. The van der Waals surface area contributed by atoms with E-state index in [0.29, 0.717) is 0 Å². The molecule has 8 aromatic rings. The van der Waals surface area contributed by atoms with Crippen LogP contribution in [0.1, 0.15) is 63.8 Å². The summed E-state index contributed by atoms with van der Waals surface area (Å²) in [5, 5.41) is 7.52. The van der Waals surface area contributed by atoms with Gasteiger partial charge in [-0.2, -0.15) is 0 Å². The average molecular weight is 1190 g/mol. The van der Waals surface area contributed by atoms with E-state index in [1.165, 1.54) is 70.9 Å². The Hall–Kier alpha value is -4.51. The lowest BCUT2D eigenvalue weighted by Crippen LogP contribution is -2.37. The summed E-state index contributed by atoms with van der Waals surface area (Å²) < 4.78 is 1.04. The van der Waals surface area contributed by atoms with Crippen LogP contribution in [0.4, 0.5) is 17.1 Å². The summed E-state index contributed by atoms with van der Waals surface area (Å²) in [5.74, 6) is 0. The van der Waals surface area contributed by atoms with Crippen molar-refractivity contribution in [3.63, 3.8) is 0 Å². The topological polar surface area (TPSA) is 3.24 Å². The Morgan fingerprint density at radius 1 is 0.390 bits per heavy atom. The van der Waals surface area contributed by atoms with Gasteiger partial charge in [-0.3, -0.25) is 0 Å². The molecule has 8 aromatic carbocycles. The lowest BCUT2D eigenvalue weighted by Gasteiger charge is -2.31. The number of nitrogens with zero attached hydrogens (tertiary/aromatic N) is 1. The minimum atomic E-state index is -1.52. The number of halogens is 3. The fourth-order valence-corrected chi connectivity index (χ4v) is 14.9. The zero-order chi connectivity index (χ0) is 56.9. The third kappa shape index (κ3) is 17.2. The first kappa shape index (κ1) is 61.7. The van der Waals surface area contributed by atoms with Gasteiger partial charge in [0.2, 0.25) is 0 Å². The molecule has 0 unspecified atom stereocenters. The fraction of sp³-hybridized carbons (Fsp3) is 0.304. The Balaban J connectivity index is 0.000000213. The zero-order valence-corrected chi connectivity index (χ0v) is 56.7. The van der Waals surface area contributed by atoms with E-state index < -0.39 is 32.3 Å². The highest BCUT2D eigenvalue weighted by Gasteiger charge is 2.26. The van der Waals surface area contributed by atoms with Gasteiger partial charge in [-0.25, -0.2) is 0 Å². The summed E-state index contributed by atoms with van der Waals surface area (Å²) in [4.78, 5) is 2.39. The van der Waals surface area contributed by atoms with Gasteiger partial charge in [0.05, 0.1) is 38.0 Å². The summed E-state index contributed by atoms with van der Waals surface area (Å²) in [6, 6.07) is 67.0. The molecule has 8 heteroatoms. The molecule has 0 aliphatic carbocycles. The van der Waals surface area contributed by atoms with Crippen LogP contribution in [0.25, 0.3) is 22.3 Å². The molecule has 404 valence electrons. The van der Waals surface area contributed by atoms with E-state index in [0.717, 1.165) is 32.3 Å². The first-order valence-corrected chi connectivity index (χ1v) is 42.9. The van der Waals surface area contributed by atoms with E-state index in [1.807, 2.05) is 12.1 Å². The van der Waals surface area contributed by atoms with Crippen molar-refractivity contribution in [3.8, 4) is 22.3 Å². The van der Waals surface area contributed by atoms with Crippen LogP contribution >= 0.6 is 39.1 Å². The van der Waals surface area contributed by atoms with Gasteiger partial charge in [-0.1, -0.05) is 307 Å². The highest BCUT2D eigenvalue weighted by atomic mass is 79.9. The predicted molar refractivity (Wildman–Crippen MR) is 361 cm³/mol. The van der Waals surface area contributed by atoms with Crippen molar-refractivity contribution in [2.75, 3.05) is 4.90 Å². The molecule has 0 radical (unpaired) electrons. The Bertz CT molecular complexity index is 3200. The van der Waals surface area contributed by atoms with Crippen molar-refractivity contribution >= 4 is 109 Å². The summed E-state index contributed by atoms with van der Waals surface area (Å²) in [7, 11) is -5.51. The van der Waals surface area contributed by atoms with E-state index in [1.54, 1.807) is 0 Å². The summed E-state index contributed by atoms with van der Waals surface area (Å²) in [5.41, 5.74) is 14.0. The Labute approximate surface area is 488 Å². The molecule has 0 aliphatic heterocycles. The number of hydrogen-bond donors (Lipinski definition) is 0. The standard InChI is InChI=1S/C34H42ClNSi2.C25H32Si2.C10H12BrCl/c1-34(2,3)26-21-27(35)23-29(22-26)36(28-15-17-30(18-16-28)37(4,5)6)33-20-19-31(38(7,8)9)24-32(33)25-13-11-10-12-14-25;1-26(2,3)23-15-12-20(13-16-23)18-22-14-17-24(27(4,5)6)19-25(22)21-10-8-7-9-11-21;1-10(2,3)7-4-8(11)6-9(12)5-7/h10-24H,1-9H3;7-17,19H,18H2,1-6H3;4-6H,1-3H3. The summed E-state index contributed by atoms with van der Waals surface area (Å²) in [6.45, 7) is 42.2. The summed E-state index contributed by atoms with van der Waals surface area (Å²) >= 11 is 16.1. The second-order valence-corrected chi connectivity index (χ2v) is 49.0. The van der Waals surface area contributed by atoms with Crippen molar-refractivity contribution in [1.29, 1.82) is 0 Å². The highest BCUT2D eigenvalue weighted by Crippen LogP contribution is 2.43. The molecule has 0 fully saturated rings. The summed E-state index contributed by atoms with van der Waals surface area (Å²) in [6.07, 6.45) is 0.988. The largest absolute Gasteiger partial charge is 0.310 e. The van der Waals surface area contributed by atoms with Crippen LogP contribution in [0, 0.1) is 0 Å². The quantitative estimate of drug-likeness (QED) is 0.117. The van der Waals surface area contributed by atoms with Crippen molar-refractivity contribution in [2.24, 2.45) is 0 Å². The highest BCUT2D eigenvalue weighted by molar-refractivity contribution is 9.10. The molecule has 8 rings (SSSR count). The SMILES string of the molecule is CC(C)(C)c1cc(Cl)cc(Br)c1.CC(C)(C)c1cc(Cl)cc(N(c2ccc([Si](C)(C)C)cc2)c2ccc([Si](C)(C)C)cc2-c2ccccc2)c1.C[Si](C)(C)c1ccc(Cc2ccc([Si](C)(C)C)cc2-c2ccccc2)cc1. The monoisotopic (exact) mass is 1190 g/mol. The van der Waals surface area contributed by atoms with Gasteiger partial charge >= 0.3 is 0 Å². The van der Waals surface area contributed by atoms with Gasteiger partial charge < -0.3 is 4.90 Å². The maximum atomic E-state index is 6.79. The van der Waals surface area contributed by atoms with Gasteiger partial charge in [0, 0.05) is 31.5 Å². The maximum Gasteiger partial charge on any atom is 0.0776 e. The molecule has 0 aliphatic rings. The third-order valence-electron chi connectivity index (χ3n) is 14.2. The van der Waals surface area contributed by atoms with Crippen LogP contribution in [0.2, 0.25) is 88.6 Å². The minimum absolute atomic E-state index is 0.0169. The molecule has 0 aromatic heterocycles. The van der Waals surface area contributed by atoms with Crippen molar-refractivity contribution in [2.45, 2.75) is 137 Å². The maximum absolute atomic E-state index is 6.79. The predicted octanol–water partition coefficient (Wildman–Crippen LogP) is 20.3. The first-order valence-electron chi connectivity index (χ1n) is 27.3. The van der Waals surface area contributed by atoms with E-state index >= 15 is 0 Å². The molecule has 0 atom stereocenters. The molecular weight excluding hydrogens is 1110 g/mol. The fourth-order valence-electron chi connectivity index (χ4n) is 9.13. The molecule has 1 nitrogen and oxygen atoms in total. The van der Waals surface area contributed by atoms with E-state index in [-0.39, 0.29) is 10.8 Å². The van der Waals surface area contributed by atoms with Crippen molar-refractivity contribution in [3.05, 3.63) is 219 Å². The van der Waals surface area contributed by atoms with Crippen LogP contribution in [-0.2, 0) is 17.3 Å². The van der Waals surface area contributed by atoms with E-state index in [2.05, 4.69) is 311 Å². The molecular formula is C69H86BrCl2NSi4.